The molecule has 4 aliphatic rings. The summed E-state index contributed by atoms with van der Waals surface area (Å²) in [6.45, 7) is 7.00. The van der Waals surface area contributed by atoms with Crippen molar-refractivity contribution < 1.29 is 24.1 Å². The van der Waals surface area contributed by atoms with E-state index in [-0.39, 0.29) is 29.7 Å². The van der Waals surface area contributed by atoms with Crippen LogP contribution in [0.1, 0.15) is 52.9 Å². The first-order valence-corrected chi connectivity index (χ1v) is 10.5. The number of aliphatic hydroxyl groups excluding tert-OH is 1. The van der Waals surface area contributed by atoms with E-state index in [9.17, 15) is 9.90 Å². The van der Waals surface area contributed by atoms with Gasteiger partial charge in [0.25, 0.3) is 0 Å². The zero-order valence-electron chi connectivity index (χ0n) is 17.2. The molecule has 0 saturated carbocycles. The van der Waals surface area contributed by atoms with Crippen molar-refractivity contribution in [1.82, 2.24) is 4.90 Å². The maximum Gasteiger partial charge on any atom is 0.379 e. The van der Waals surface area contributed by atoms with Gasteiger partial charge in [0, 0.05) is 36.0 Å². The normalized spacial score (nSPS) is 36.9. The van der Waals surface area contributed by atoms with Crippen molar-refractivity contribution in [3.63, 3.8) is 0 Å². The van der Waals surface area contributed by atoms with Crippen LogP contribution in [0.2, 0.25) is 0 Å². The Morgan fingerprint density at radius 3 is 2.82 bits per heavy atom. The lowest BCUT2D eigenvalue weighted by molar-refractivity contribution is -0.136. The molecule has 28 heavy (non-hydrogen) atoms. The van der Waals surface area contributed by atoms with Gasteiger partial charge in [-0.3, -0.25) is 4.90 Å². The van der Waals surface area contributed by atoms with Crippen molar-refractivity contribution in [2.45, 2.75) is 71.1 Å². The van der Waals surface area contributed by atoms with E-state index in [1.165, 1.54) is 7.11 Å². The molecule has 154 valence electrons. The lowest BCUT2D eigenvalue weighted by atomic mass is 9.79. The second-order valence-corrected chi connectivity index (χ2v) is 8.33. The number of esters is 1. The Bertz CT molecular complexity index is 752. The summed E-state index contributed by atoms with van der Waals surface area (Å²) in [4.78, 5) is 14.6. The van der Waals surface area contributed by atoms with Gasteiger partial charge in [-0.2, -0.15) is 0 Å². The zero-order chi connectivity index (χ0) is 20.0. The van der Waals surface area contributed by atoms with Gasteiger partial charge in [0.05, 0.1) is 13.2 Å². The molecule has 0 spiro atoms. The van der Waals surface area contributed by atoms with E-state index in [2.05, 4.69) is 24.8 Å². The smallest absolute Gasteiger partial charge is 0.379 e. The Hall–Kier alpha value is -1.79. The predicted octanol–water partition coefficient (Wildman–Crippen LogP) is 3.24. The van der Waals surface area contributed by atoms with Crippen LogP contribution in [0.3, 0.4) is 0 Å². The highest BCUT2D eigenvalue weighted by Crippen LogP contribution is 2.49. The van der Waals surface area contributed by atoms with Gasteiger partial charge in [-0.15, -0.1) is 0 Å². The van der Waals surface area contributed by atoms with Gasteiger partial charge in [0.2, 0.25) is 5.76 Å². The maximum absolute atomic E-state index is 12.1. The fraction of sp³-hybridized carbons (Fsp3) is 0.682. The van der Waals surface area contributed by atoms with Gasteiger partial charge in [0.1, 0.15) is 5.76 Å². The quantitative estimate of drug-likeness (QED) is 0.748. The number of carbonyl (C=O) groups is 1. The molecule has 6 nitrogen and oxygen atoms in total. The van der Waals surface area contributed by atoms with Crippen LogP contribution in [0.5, 0.6) is 0 Å². The minimum atomic E-state index is -0.454. The first-order valence-electron chi connectivity index (χ1n) is 10.5. The monoisotopic (exact) mass is 389 g/mol. The average molecular weight is 389 g/mol. The van der Waals surface area contributed by atoms with Crippen molar-refractivity contribution in [3.8, 4) is 0 Å². The molecule has 4 heterocycles. The molecule has 2 fully saturated rings. The third kappa shape index (κ3) is 2.98. The first-order chi connectivity index (χ1) is 13.5. The molecular weight excluding hydrogens is 358 g/mol. The number of cyclic esters (lactones) is 1. The Labute approximate surface area is 166 Å². The number of methoxy groups -OCH3 is 1. The summed E-state index contributed by atoms with van der Waals surface area (Å²) < 4.78 is 17.0. The molecule has 4 rings (SSSR count). The molecule has 0 aliphatic carbocycles. The summed E-state index contributed by atoms with van der Waals surface area (Å²) >= 11 is 0. The summed E-state index contributed by atoms with van der Waals surface area (Å²) in [7, 11) is 1.48. The molecule has 0 radical (unpaired) electrons. The minimum Gasteiger partial charge on any atom is -0.490 e. The number of ether oxygens (including phenoxy) is 3. The van der Waals surface area contributed by atoms with Crippen molar-refractivity contribution in [1.29, 1.82) is 0 Å². The molecule has 0 bridgehead atoms. The Balaban J connectivity index is 1.68. The highest BCUT2D eigenvalue weighted by molar-refractivity contribution is 5.92. The maximum atomic E-state index is 12.1. The Kier molecular flexibility index (Phi) is 5.27. The Morgan fingerprint density at radius 2 is 2.14 bits per heavy atom. The molecule has 4 aliphatic heterocycles. The van der Waals surface area contributed by atoms with Crippen LogP contribution in [0.25, 0.3) is 0 Å². The van der Waals surface area contributed by atoms with Gasteiger partial charge in [-0.05, 0) is 38.7 Å². The summed E-state index contributed by atoms with van der Waals surface area (Å²) in [6.07, 6.45) is 6.85. The van der Waals surface area contributed by atoms with Gasteiger partial charge >= 0.3 is 5.97 Å². The number of allylic oxidation sites excluding steroid dienone is 2. The van der Waals surface area contributed by atoms with Gasteiger partial charge < -0.3 is 19.3 Å². The molecule has 0 aromatic heterocycles. The van der Waals surface area contributed by atoms with Crippen molar-refractivity contribution >= 4 is 5.97 Å². The number of hydrogen-bond donors (Lipinski definition) is 1. The highest BCUT2D eigenvalue weighted by atomic mass is 16.6. The number of nitrogens with zero attached hydrogens (tertiary/aromatic N) is 1. The number of hydrogen-bond acceptors (Lipinski definition) is 6. The highest BCUT2D eigenvalue weighted by Gasteiger charge is 2.49. The van der Waals surface area contributed by atoms with Gasteiger partial charge in [-0.1, -0.05) is 20.3 Å². The molecular formula is C22H31NO5. The molecule has 0 unspecified atom stereocenters. The topological polar surface area (TPSA) is 68.2 Å². The van der Waals surface area contributed by atoms with E-state index in [4.69, 9.17) is 14.2 Å². The van der Waals surface area contributed by atoms with Crippen LogP contribution in [0.15, 0.2) is 34.7 Å². The van der Waals surface area contributed by atoms with Crippen molar-refractivity contribution in [2.75, 3.05) is 13.7 Å². The number of aliphatic hydroxyl groups is 1. The predicted molar refractivity (Wildman–Crippen MR) is 104 cm³/mol. The SMILES string of the molecule is CC[C@@H](O)[C@H]1CCC[C@H]2[C@@H]3C(=CCCN12)O/C(=C1\OC(=O)C(OC)=C1C)[C@H]3C. The molecule has 2 saturated heterocycles. The van der Waals surface area contributed by atoms with E-state index in [0.717, 1.165) is 50.2 Å². The van der Waals surface area contributed by atoms with Crippen LogP contribution >= 0.6 is 0 Å². The summed E-state index contributed by atoms with van der Waals surface area (Å²) in [6, 6.07) is 0.552. The molecule has 0 aromatic carbocycles. The largest absolute Gasteiger partial charge is 0.490 e. The lowest BCUT2D eigenvalue weighted by Gasteiger charge is -2.46. The first kappa shape index (κ1) is 19.5. The van der Waals surface area contributed by atoms with Crippen LogP contribution in [-0.2, 0) is 19.0 Å². The lowest BCUT2D eigenvalue weighted by Crippen LogP contribution is -2.54. The number of carbonyl (C=O) groups excluding carboxylic acids is 1. The van der Waals surface area contributed by atoms with E-state index in [0.29, 0.717) is 17.4 Å². The minimum absolute atomic E-state index is 0.100. The summed E-state index contributed by atoms with van der Waals surface area (Å²) in [5, 5.41) is 10.6. The Morgan fingerprint density at radius 1 is 1.36 bits per heavy atom. The van der Waals surface area contributed by atoms with Crippen LogP contribution in [0.4, 0.5) is 0 Å². The molecule has 6 heteroatoms. The van der Waals surface area contributed by atoms with Gasteiger partial charge in [-0.25, -0.2) is 4.79 Å². The van der Waals surface area contributed by atoms with Gasteiger partial charge in [0.15, 0.2) is 11.5 Å². The van der Waals surface area contributed by atoms with E-state index in [1.54, 1.807) is 0 Å². The zero-order valence-corrected chi connectivity index (χ0v) is 17.2. The van der Waals surface area contributed by atoms with E-state index < -0.39 is 5.97 Å². The van der Waals surface area contributed by atoms with Crippen LogP contribution < -0.4 is 0 Å². The standard InChI is InChI=1S/C22H31NO5/c1-5-16(24)14-8-6-9-15-18-12(2)19(27-17(18)10-7-11-23(14)15)20-13(3)21(26-4)22(25)28-20/h10,12,14-16,18,24H,5-9,11H2,1-4H3/b20-19-/t12-,14+,15-,16+,18+/m0/s1. The fourth-order valence-corrected chi connectivity index (χ4v) is 5.47. The molecule has 0 amide bonds. The second kappa shape index (κ2) is 7.56. The molecule has 1 N–H and O–H groups in total. The van der Waals surface area contributed by atoms with Crippen molar-refractivity contribution in [3.05, 3.63) is 34.7 Å². The van der Waals surface area contributed by atoms with E-state index >= 15 is 0 Å². The third-order valence-electron chi connectivity index (χ3n) is 6.86. The van der Waals surface area contributed by atoms with E-state index in [1.807, 2.05) is 6.92 Å². The molecule has 0 aromatic rings. The summed E-state index contributed by atoms with van der Waals surface area (Å²) in [5.74, 6) is 2.35. The average Bonchev–Trinajstić information content (AvgIpc) is 3.08. The van der Waals surface area contributed by atoms with Crippen LogP contribution in [0, 0.1) is 11.8 Å². The number of rotatable bonds is 3. The summed E-state index contributed by atoms with van der Waals surface area (Å²) in [5.41, 5.74) is 0.700. The second-order valence-electron chi connectivity index (χ2n) is 8.33. The third-order valence-corrected chi connectivity index (χ3v) is 6.86. The molecule has 5 atom stereocenters. The number of piperidine rings is 1. The van der Waals surface area contributed by atoms with Crippen LogP contribution in [-0.4, -0.2) is 47.8 Å². The fourth-order valence-electron chi connectivity index (χ4n) is 5.47. The number of fused-ring (bicyclic) bond motifs is 3. The van der Waals surface area contributed by atoms with Crippen molar-refractivity contribution in [2.24, 2.45) is 11.8 Å².